The molecule has 0 radical (unpaired) electrons. The highest BCUT2D eigenvalue weighted by Crippen LogP contribution is 2.29. The normalized spacial score (nSPS) is 42.0. The molecule has 15 heavy (non-hydrogen) atoms. The van der Waals surface area contributed by atoms with Gasteiger partial charge in [0.2, 0.25) is 0 Å². The molecule has 2 nitrogen and oxygen atoms in total. The van der Waals surface area contributed by atoms with Crippen molar-refractivity contribution in [3.05, 3.63) is 0 Å². The minimum Gasteiger partial charge on any atom is -0.396 e. The maximum absolute atomic E-state index is 9.35. The molecule has 0 aromatic rings. The van der Waals surface area contributed by atoms with Crippen LogP contribution < -0.4 is 5.32 Å². The fourth-order valence-corrected chi connectivity index (χ4v) is 3.31. The second-order valence-electron chi connectivity index (χ2n) is 5.62. The third kappa shape index (κ3) is 2.94. The zero-order valence-corrected chi connectivity index (χ0v) is 9.91. The Labute approximate surface area is 93.5 Å². The fraction of sp³-hybridized carbons (Fsp3) is 1.00. The van der Waals surface area contributed by atoms with E-state index in [1.54, 1.807) is 0 Å². The van der Waals surface area contributed by atoms with Gasteiger partial charge < -0.3 is 10.4 Å². The molecule has 2 N–H and O–H groups in total. The molecule has 88 valence electrons. The van der Waals surface area contributed by atoms with Crippen molar-refractivity contribution in [3.63, 3.8) is 0 Å². The van der Waals surface area contributed by atoms with Crippen LogP contribution in [0.1, 0.15) is 51.9 Å². The lowest BCUT2D eigenvalue weighted by Crippen LogP contribution is -2.44. The summed E-state index contributed by atoms with van der Waals surface area (Å²) >= 11 is 0. The average Bonchev–Trinajstić information content (AvgIpc) is 2.65. The van der Waals surface area contributed by atoms with Gasteiger partial charge in [0.15, 0.2) is 0 Å². The third-order valence-electron chi connectivity index (χ3n) is 4.29. The molecule has 4 unspecified atom stereocenters. The molecule has 4 atom stereocenters. The zero-order chi connectivity index (χ0) is 10.7. The highest BCUT2D eigenvalue weighted by atomic mass is 16.3. The summed E-state index contributed by atoms with van der Waals surface area (Å²) in [7, 11) is 0. The van der Waals surface area contributed by atoms with Crippen molar-refractivity contribution in [3.8, 4) is 0 Å². The van der Waals surface area contributed by atoms with E-state index in [0.717, 1.165) is 12.0 Å². The van der Waals surface area contributed by atoms with Crippen molar-refractivity contribution in [2.75, 3.05) is 6.61 Å². The smallest absolute Gasteiger partial charge is 0.0474 e. The van der Waals surface area contributed by atoms with Crippen molar-refractivity contribution in [2.45, 2.75) is 64.0 Å². The van der Waals surface area contributed by atoms with E-state index in [1.807, 2.05) is 0 Å². The van der Waals surface area contributed by atoms with Gasteiger partial charge in [-0.1, -0.05) is 19.8 Å². The van der Waals surface area contributed by atoms with Gasteiger partial charge in [-0.15, -0.1) is 0 Å². The maximum atomic E-state index is 9.35. The number of nitrogens with one attached hydrogen (secondary N) is 1. The molecular weight excluding hydrogens is 186 g/mol. The van der Waals surface area contributed by atoms with Gasteiger partial charge in [0.05, 0.1) is 0 Å². The molecule has 0 amide bonds. The van der Waals surface area contributed by atoms with Crippen LogP contribution in [0.4, 0.5) is 0 Å². The van der Waals surface area contributed by atoms with Gasteiger partial charge in [0.25, 0.3) is 0 Å². The van der Waals surface area contributed by atoms with E-state index in [0.29, 0.717) is 18.6 Å². The van der Waals surface area contributed by atoms with E-state index in [2.05, 4.69) is 12.2 Å². The molecule has 2 heteroatoms. The first kappa shape index (κ1) is 11.4. The monoisotopic (exact) mass is 211 g/mol. The number of aliphatic hydroxyl groups is 1. The van der Waals surface area contributed by atoms with Gasteiger partial charge in [-0.2, -0.15) is 0 Å². The van der Waals surface area contributed by atoms with Crippen LogP contribution in [-0.4, -0.2) is 23.8 Å². The Bertz CT molecular complexity index is 195. The summed E-state index contributed by atoms with van der Waals surface area (Å²) in [4.78, 5) is 0. The lowest BCUT2D eigenvalue weighted by Gasteiger charge is -2.33. The van der Waals surface area contributed by atoms with Gasteiger partial charge in [0, 0.05) is 18.7 Å². The molecular formula is C13H25NO. The third-order valence-corrected chi connectivity index (χ3v) is 4.29. The Morgan fingerprint density at radius 2 is 1.93 bits per heavy atom. The molecule has 0 aromatic heterocycles. The SMILES string of the molecule is CC1CCC(NC2CCCCC2CO)C1. The van der Waals surface area contributed by atoms with E-state index < -0.39 is 0 Å². The number of aliphatic hydroxyl groups excluding tert-OH is 1. The standard InChI is InChI=1S/C13H25NO/c1-10-6-7-12(8-10)14-13-5-3-2-4-11(13)9-15/h10-15H,2-9H2,1H3. The molecule has 0 aromatic carbocycles. The fourth-order valence-electron chi connectivity index (χ4n) is 3.31. The second kappa shape index (κ2) is 5.31. The molecule has 0 heterocycles. The minimum atomic E-state index is 0.375. The van der Waals surface area contributed by atoms with Crippen LogP contribution in [0.15, 0.2) is 0 Å². The second-order valence-corrected chi connectivity index (χ2v) is 5.62. The first-order chi connectivity index (χ1) is 7.29. The van der Waals surface area contributed by atoms with Crippen molar-refractivity contribution < 1.29 is 5.11 Å². The minimum absolute atomic E-state index is 0.375. The summed E-state index contributed by atoms with van der Waals surface area (Å²) in [6.45, 7) is 2.73. The van der Waals surface area contributed by atoms with Crippen LogP contribution in [0.2, 0.25) is 0 Å². The summed E-state index contributed by atoms with van der Waals surface area (Å²) in [6, 6.07) is 1.33. The number of rotatable bonds is 3. The van der Waals surface area contributed by atoms with Crippen molar-refractivity contribution >= 4 is 0 Å². The highest BCUT2D eigenvalue weighted by Gasteiger charge is 2.29. The molecule has 2 aliphatic carbocycles. The Balaban J connectivity index is 1.81. The Morgan fingerprint density at radius 3 is 2.60 bits per heavy atom. The largest absolute Gasteiger partial charge is 0.396 e. The predicted octanol–water partition coefficient (Wildman–Crippen LogP) is 2.32. The molecule has 0 bridgehead atoms. The summed E-state index contributed by atoms with van der Waals surface area (Å²) in [6.07, 6.45) is 9.21. The Kier molecular flexibility index (Phi) is 4.04. The first-order valence-corrected chi connectivity index (χ1v) is 6.66. The van der Waals surface area contributed by atoms with E-state index >= 15 is 0 Å². The van der Waals surface area contributed by atoms with Crippen LogP contribution in [0, 0.1) is 11.8 Å². The molecule has 0 saturated heterocycles. The van der Waals surface area contributed by atoms with Gasteiger partial charge in [-0.25, -0.2) is 0 Å². The number of hydrogen-bond acceptors (Lipinski definition) is 2. The lowest BCUT2D eigenvalue weighted by atomic mass is 9.84. The van der Waals surface area contributed by atoms with E-state index in [-0.39, 0.29) is 0 Å². The van der Waals surface area contributed by atoms with Gasteiger partial charge >= 0.3 is 0 Å². The van der Waals surface area contributed by atoms with Crippen LogP contribution in [0.3, 0.4) is 0 Å². The zero-order valence-electron chi connectivity index (χ0n) is 9.91. The number of hydrogen-bond donors (Lipinski definition) is 2. The van der Waals surface area contributed by atoms with Crippen LogP contribution >= 0.6 is 0 Å². The summed E-state index contributed by atoms with van der Waals surface area (Å²) < 4.78 is 0. The van der Waals surface area contributed by atoms with E-state index in [9.17, 15) is 5.11 Å². The van der Waals surface area contributed by atoms with Crippen molar-refractivity contribution in [2.24, 2.45) is 11.8 Å². The van der Waals surface area contributed by atoms with Crippen molar-refractivity contribution in [1.82, 2.24) is 5.32 Å². The lowest BCUT2D eigenvalue weighted by molar-refractivity contribution is 0.146. The highest BCUT2D eigenvalue weighted by molar-refractivity contribution is 4.86. The van der Waals surface area contributed by atoms with Crippen molar-refractivity contribution in [1.29, 1.82) is 0 Å². The van der Waals surface area contributed by atoms with E-state index in [1.165, 1.54) is 44.9 Å². The first-order valence-electron chi connectivity index (χ1n) is 6.66. The quantitative estimate of drug-likeness (QED) is 0.751. The predicted molar refractivity (Wildman–Crippen MR) is 62.8 cm³/mol. The summed E-state index contributed by atoms with van der Waals surface area (Å²) in [5.74, 6) is 1.42. The molecule has 2 rings (SSSR count). The molecule has 2 saturated carbocycles. The van der Waals surface area contributed by atoms with Gasteiger partial charge in [-0.3, -0.25) is 0 Å². The molecule has 2 fully saturated rings. The van der Waals surface area contributed by atoms with E-state index in [4.69, 9.17) is 0 Å². The summed E-state index contributed by atoms with van der Waals surface area (Å²) in [5.41, 5.74) is 0. The molecule has 0 spiro atoms. The Hall–Kier alpha value is -0.0800. The van der Waals surface area contributed by atoms with Gasteiger partial charge in [-0.05, 0) is 43.9 Å². The molecule has 2 aliphatic rings. The van der Waals surface area contributed by atoms with Crippen LogP contribution in [0.5, 0.6) is 0 Å². The average molecular weight is 211 g/mol. The Morgan fingerprint density at radius 1 is 1.13 bits per heavy atom. The summed E-state index contributed by atoms with van der Waals surface area (Å²) in [5, 5.41) is 13.1. The van der Waals surface area contributed by atoms with Crippen LogP contribution in [0.25, 0.3) is 0 Å². The van der Waals surface area contributed by atoms with Crippen LogP contribution in [-0.2, 0) is 0 Å². The molecule has 0 aliphatic heterocycles. The maximum Gasteiger partial charge on any atom is 0.0474 e. The topological polar surface area (TPSA) is 32.3 Å². The van der Waals surface area contributed by atoms with Gasteiger partial charge in [0.1, 0.15) is 0 Å².